The zero-order chi connectivity index (χ0) is 26.2. The summed E-state index contributed by atoms with van der Waals surface area (Å²) in [5.74, 6) is 0. The van der Waals surface area contributed by atoms with Crippen molar-refractivity contribution in [1.29, 1.82) is 0 Å². The van der Waals surface area contributed by atoms with Crippen molar-refractivity contribution in [3.8, 4) is 0 Å². The van der Waals surface area contributed by atoms with E-state index in [0.717, 1.165) is 25.9 Å². The molecule has 1 atom stereocenters. The fraction of sp³-hybridized carbons (Fsp3) is 0.586. The first kappa shape index (κ1) is 27.0. The highest BCUT2D eigenvalue weighted by molar-refractivity contribution is 5.50. The minimum Gasteiger partial charge on any atom is -0.300 e. The molecule has 2 aliphatic carbocycles. The summed E-state index contributed by atoms with van der Waals surface area (Å²) in [6, 6.07) is 14.4. The van der Waals surface area contributed by atoms with Crippen molar-refractivity contribution in [2.75, 3.05) is 13.1 Å². The maximum atomic E-state index is 14.1. The average molecular weight is 512 g/mol. The van der Waals surface area contributed by atoms with Crippen LogP contribution in [0.2, 0.25) is 0 Å². The van der Waals surface area contributed by atoms with Crippen molar-refractivity contribution in [1.82, 2.24) is 4.90 Å². The summed E-state index contributed by atoms with van der Waals surface area (Å²) in [5.41, 5.74) is -2.36. The van der Waals surface area contributed by atoms with Crippen LogP contribution in [0.3, 0.4) is 0 Å². The van der Waals surface area contributed by atoms with Gasteiger partial charge < -0.3 is 4.90 Å². The zero-order valence-electron chi connectivity index (χ0n) is 21.0. The molecule has 2 saturated carbocycles. The Bertz CT molecular complexity index is 970. The summed E-state index contributed by atoms with van der Waals surface area (Å²) in [5, 5.41) is 0. The summed E-state index contributed by atoms with van der Waals surface area (Å²) in [4.78, 5) is 2.31. The van der Waals surface area contributed by atoms with Gasteiger partial charge in [-0.2, -0.15) is 26.3 Å². The molecule has 2 fully saturated rings. The van der Waals surface area contributed by atoms with Gasteiger partial charge in [0.05, 0.1) is 10.8 Å². The predicted molar refractivity (Wildman–Crippen MR) is 130 cm³/mol. The molecule has 2 aromatic carbocycles. The highest BCUT2D eigenvalue weighted by atomic mass is 19.4. The number of alkyl halides is 6. The molecule has 36 heavy (non-hydrogen) atoms. The van der Waals surface area contributed by atoms with Gasteiger partial charge in [0.1, 0.15) is 0 Å². The molecule has 0 saturated heterocycles. The molecule has 0 aliphatic heterocycles. The minimum atomic E-state index is -4.47. The van der Waals surface area contributed by atoms with E-state index in [1.807, 2.05) is 25.1 Å². The quantitative estimate of drug-likeness (QED) is 0.275. The van der Waals surface area contributed by atoms with Crippen LogP contribution in [0, 0.1) is 0 Å². The molecule has 0 aromatic heterocycles. The van der Waals surface area contributed by atoms with Gasteiger partial charge >= 0.3 is 12.4 Å². The van der Waals surface area contributed by atoms with Crippen molar-refractivity contribution in [2.45, 2.75) is 94.4 Å². The van der Waals surface area contributed by atoms with Crippen LogP contribution in [-0.2, 0) is 23.7 Å². The summed E-state index contributed by atoms with van der Waals surface area (Å²) >= 11 is 0. The third-order valence-electron chi connectivity index (χ3n) is 8.27. The van der Waals surface area contributed by atoms with Crippen molar-refractivity contribution in [3.63, 3.8) is 0 Å². The molecule has 0 heterocycles. The van der Waals surface area contributed by atoms with E-state index in [0.29, 0.717) is 6.42 Å². The van der Waals surface area contributed by atoms with E-state index < -0.39 is 23.2 Å². The Morgan fingerprint density at radius 1 is 0.750 bits per heavy atom. The maximum Gasteiger partial charge on any atom is 0.398 e. The smallest absolute Gasteiger partial charge is 0.300 e. The molecule has 1 nitrogen and oxygen atoms in total. The van der Waals surface area contributed by atoms with Crippen LogP contribution < -0.4 is 0 Å². The van der Waals surface area contributed by atoms with E-state index in [-0.39, 0.29) is 54.8 Å². The number of rotatable bonds is 11. The van der Waals surface area contributed by atoms with E-state index in [1.165, 1.54) is 23.8 Å². The lowest BCUT2D eigenvalue weighted by atomic mass is 9.80. The fourth-order valence-corrected chi connectivity index (χ4v) is 5.71. The van der Waals surface area contributed by atoms with E-state index in [2.05, 4.69) is 24.0 Å². The van der Waals surface area contributed by atoms with Crippen molar-refractivity contribution in [3.05, 3.63) is 70.8 Å². The van der Waals surface area contributed by atoms with Gasteiger partial charge in [-0.05, 0) is 87.1 Å². The van der Waals surface area contributed by atoms with Crippen LogP contribution in [0.1, 0.15) is 74.6 Å². The average Bonchev–Trinajstić information content (AvgIpc) is 3.73. The lowest BCUT2D eigenvalue weighted by Crippen LogP contribution is -2.37. The van der Waals surface area contributed by atoms with Gasteiger partial charge in [0.2, 0.25) is 0 Å². The molecule has 0 amide bonds. The Morgan fingerprint density at radius 3 is 1.72 bits per heavy atom. The van der Waals surface area contributed by atoms with Gasteiger partial charge in [-0.1, -0.05) is 55.5 Å². The third-order valence-corrected chi connectivity index (χ3v) is 8.27. The lowest BCUT2D eigenvalue weighted by Gasteiger charge is -2.32. The second-order valence-corrected chi connectivity index (χ2v) is 10.7. The van der Waals surface area contributed by atoms with Gasteiger partial charge in [-0.25, -0.2) is 0 Å². The Balaban J connectivity index is 1.60. The van der Waals surface area contributed by atoms with Crippen LogP contribution in [0.4, 0.5) is 26.3 Å². The standard InChI is InChI=1S/C29H35F6N/c1-3-19-36(20-14-22-8-5-4-6-9-22)21(2)12-13-23-24(26(15-16-26)28(30,31)32)10-7-11-25(23)27(17-18-27)29(33,34)35/h4-11,21H,3,12-20H2,1-2H3. The zero-order valence-corrected chi connectivity index (χ0v) is 21.0. The SMILES string of the molecule is CCCN(CCc1ccccc1)C(C)CCc1c(C2(C(F)(F)F)CC2)cccc1C1(C(F)(F)F)CC1. The monoisotopic (exact) mass is 511 g/mol. The van der Waals surface area contributed by atoms with Crippen LogP contribution in [0.5, 0.6) is 0 Å². The highest BCUT2D eigenvalue weighted by Gasteiger charge is 2.67. The molecule has 0 N–H and O–H groups in total. The molecule has 0 radical (unpaired) electrons. The molecule has 2 aliphatic rings. The molecule has 0 spiro atoms. The van der Waals surface area contributed by atoms with Crippen LogP contribution >= 0.6 is 0 Å². The molecule has 2 aromatic rings. The Hall–Kier alpha value is -2.02. The normalized spacial score (nSPS) is 19.4. The van der Waals surface area contributed by atoms with Gasteiger partial charge in [-0.15, -0.1) is 0 Å². The summed E-state index contributed by atoms with van der Waals surface area (Å²) in [6.07, 6.45) is -6.65. The second kappa shape index (κ2) is 10.0. The number of nitrogens with zero attached hydrogens (tertiary/aromatic N) is 1. The number of halogens is 6. The maximum absolute atomic E-state index is 14.1. The predicted octanol–water partition coefficient (Wildman–Crippen LogP) is 8.15. The first-order valence-electron chi connectivity index (χ1n) is 13.0. The van der Waals surface area contributed by atoms with Crippen molar-refractivity contribution < 1.29 is 26.3 Å². The van der Waals surface area contributed by atoms with Crippen LogP contribution in [0.15, 0.2) is 48.5 Å². The second-order valence-electron chi connectivity index (χ2n) is 10.7. The molecular formula is C29H35F6N. The molecule has 0 bridgehead atoms. The van der Waals surface area contributed by atoms with E-state index in [4.69, 9.17) is 0 Å². The summed E-state index contributed by atoms with van der Waals surface area (Å²) in [7, 11) is 0. The summed E-state index contributed by atoms with van der Waals surface area (Å²) in [6.45, 7) is 5.75. The molecule has 1 unspecified atom stereocenters. The Labute approximate surface area is 209 Å². The van der Waals surface area contributed by atoms with Gasteiger partial charge in [0.25, 0.3) is 0 Å². The van der Waals surface area contributed by atoms with Gasteiger partial charge in [0.15, 0.2) is 0 Å². The minimum absolute atomic E-state index is 0.0386. The number of hydrogen-bond donors (Lipinski definition) is 0. The first-order chi connectivity index (χ1) is 17.0. The lowest BCUT2D eigenvalue weighted by molar-refractivity contribution is -0.161. The summed E-state index contributed by atoms with van der Waals surface area (Å²) < 4.78 is 84.6. The molecule has 7 heteroatoms. The Kier molecular flexibility index (Phi) is 7.53. The number of hydrogen-bond acceptors (Lipinski definition) is 1. The topological polar surface area (TPSA) is 3.24 Å². The van der Waals surface area contributed by atoms with Crippen molar-refractivity contribution in [2.24, 2.45) is 0 Å². The van der Waals surface area contributed by atoms with E-state index in [9.17, 15) is 26.3 Å². The van der Waals surface area contributed by atoms with Crippen LogP contribution in [-0.4, -0.2) is 36.4 Å². The number of benzene rings is 2. The molecule has 4 rings (SSSR count). The molecule has 198 valence electrons. The van der Waals surface area contributed by atoms with Gasteiger partial charge in [-0.3, -0.25) is 0 Å². The Morgan fingerprint density at radius 2 is 1.28 bits per heavy atom. The van der Waals surface area contributed by atoms with Crippen molar-refractivity contribution >= 4 is 0 Å². The fourth-order valence-electron chi connectivity index (χ4n) is 5.71. The van der Waals surface area contributed by atoms with E-state index in [1.54, 1.807) is 0 Å². The van der Waals surface area contributed by atoms with Crippen LogP contribution in [0.25, 0.3) is 0 Å². The largest absolute Gasteiger partial charge is 0.398 e. The van der Waals surface area contributed by atoms with Gasteiger partial charge in [0, 0.05) is 12.6 Å². The third kappa shape index (κ3) is 5.18. The van der Waals surface area contributed by atoms with E-state index >= 15 is 0 Å². The first-order valence-corrected chi connectivity index (χ1v) is 13.0. The highest BCUT2D eigenvalue weighted by Crippen LogP contribution is 2.63. The molecular weight excluding hydrogens is 476 g/mol.